The molecule has 158 valence electrons. The first kappa shape index (κ1) is 20.2. The number of benzene rings is 1. The van der Waals surface area contributed by atoms with Gasteiger partial charge in [0.25, 0.3) is 11.8 Å². The fourth-order valence-electron chi connectivity index (χ4n) is 3.76. The normalized spacial score (nSPS) is 16.2. The average molecular weight is 412 g/mol. The van der Waals surface area contributed by atoms with Crippen molar-refractivity contribution in [3.05, 3.63) is 46.9 Å². The van der Waals surface area contributed by atoms with Gasteiger partial charge < -0.3 is 24.1 Å². The standard InChI is InChI=1S/C22H24N2O6/c1-14-20(21-17(25)3-2-4-18(21)30-14)22(27)23-15-5-7-16(8-6-15)29-13-19(26)24-9-11-28-12-10-24/h5-8H,2-4,9-13H2,1H3,(H,23,27). The molecule has 2 amide bonds. The van der Waals surface area contributed by atoms with Crippen molar-refractivity contribution in [3.63, 3.8) is 0 Å². The van der Waals surface area contributed by atoms with Gasteiger partial charge in [0.15, 0.2) is 12.4 Å². The highest BCUT2D eigenvalue weighted by Gasteiger charge is 2.30. The number of ether oxygens (including phenoxy) is 2. The number of ketones is 1. The number of amides is 2. The highest BCUT2D eigenvalue weighted by molar-refractivity contribution is 6.14. The lowest BCUT2D eigenvalue weighted by atomic mass is 9.93. The zero-order chi connectivity index (χ0) is 21.1. The van der Waals surface area contributed by atoms with Crippen LogP contribution in [0.25, 0.3) is 0 Å². The summed E-state index contributed by atoms with van der Waals surface area (Å²) in [5, 5.41) is 2.80. The van der Waals surface area contributed by atoms with Gasteiger partial charge in [0.05, 0.1) is 24.3 Å². The molecule has 0 saturated carbocycles. The summed E-state index contributed by atoms with van der Waals surface area (Å²) in [7, 11) is 0. The molecule has 1 fully saturated rings. The molecular formula is C22H24N2O6. The Morgan fingerprint density at radius 3 is 2.60 bits per heavy atom. The first-order chi connectivity index (χ1) is 14.5. The summed E-state index contributed by atoms with van der Waals surface area (Å²) in [6.45, 7) is 3.90. The van der Waals surface area contributed by atoms with Crippen LogP contribution in [0.4, 0.5) is 5.69 Å². The summed E-state index contributed by atoms with van der Waals surface area (Å²) in [5.74, 6) is 1.08. The molecule has 4 rings (SSSR count). The second kappa shape index (κ2) is 8.71. The molecule has 2 aromatic rings. The van der Waals surface area contributed by atoms with E-state index in [-0.39, 0.29) is 24.2 Å². The van der Waals surface area contributed by atoms with E-state index in [1.54, 1.807) is 36.1 Å². The van der Waals surface area contributed by atoms with Gasteiger partial charge >= 0.3 is 0 Å². The molecule has 30 heavy (non-hydrogen) atoms. The Labute approximate surface area is 174 Å². The van der Waals surface area contributed by atoms with Crippen molar-refractivity contribution in [2.75, 3.05) is 38.2 Å². The Bertz CT molecular complexity index is 957. The van der Waals surface area contributed by atoms with Gasteiger partial charge in [-0.15, -0.1) is 0 Å². The number of fused-ring (bicyclic) bond motifs is 1. The number of hydrogen-bond acceptors (Lipinski definition) is 6. The van der Waals surface area contributed by atoms with E-state index in [4.69, 9.17) is 13.9 Å². The Morgan fingerprint density at radius 1 is 1.13 bits per heavy atom. The maximum absolute atomic E-state index is 12.8. The lowest BCUT2D eigenvalue weighted by Gasteiger charge is -2.26. The van der Waals surface area contributed by atoms with Crippen LogP contribution in [0.15, 0.2) is 28.7 Å². The van der Waals surface area contributed by atoms with Gasteiger partial charge in [-0.25, -0.2) is 0 Å². The van der Waals surface area contributed by atoms with Crippen LogP contribution in [-0.4, -0.2) is 55.4 Å². The van der Waals surface area contributed by atoms with Gasteiger partial charge in [0.1, 0.15) is 17.3 Å². The number of rotatable bonds is 5. The predicted octanol–water partition coefficient (Wildman–Crippen LogP) is 2.60. The lowest BCUT2D eigenvalue weighted by molar-refractivity contribution is -0.137. The second-order valence-electron chi connectivity index (χ2n) is 7.37. The Balaban J connectivity index is 1.37. The van der Waals surface area contributed by atoms with E-state index in [1.165, 1.54) is 0 Å². The topological polar surface area (TPSA) is 98.1 Å². The molecule has 8 heteroatoms. The van der Waals surface area contributed by atoms with Crippen molar-refractivity contribution in [3.8, 4) is 5.75 Å². The van der Waals surface area contributed by atoms with Gasteiger partial charge in [-0.2, -0.15) is 0 Å². The number of aryl methyl sites for hydroxylation is 2. The van der Waals surface area contributed by atoms with Gasteiger partial charge in [0.2, 0.25) is 0 Å². The second-order valence-corrected chi connectivity index (χ2v) is 7.37. The zero-order valence-electron chi connectivity index (χ0n) is 16.9. The molecule has 8 nitrogen and oxygen atoms in total. The molecule has 1 aromatic heterocycles. The molecule has 1 saturated heterocycles. The number of morpholine rings is 1. The fourth-order valence-corrected chi connectivity index (χ4v) is 3.76. The summed E-state index contributed by atoms with van der Waals surface area (Å²) in [6, 6.07) is 6.75. The number of anilines is 1. The molecule has 0 unspecified atom stereocenters. The Morgan fingerprint density at radius 2 is 1.87 bits per heavy atom. The van der Waals surface area contributed by atoms with E-state index in [2.05, 4.69) is 5.32 Å². The third kappa shape index (κ3) is 4.23. The van der Waals surface area contributed by atoms with E-state index < -0.39 is 0 Å². The minimum Gasteiger partial charge on any atom is -0.484 e. The first-order valence-electron chi connectivity index (χ1n) is 10.1. The van der Waals surface area contributed by atoms with Crippen LogP contribution < -0.4 is 10.1 Å². The Kier molecular flexibility index (Phi) is 5.85. The largest absolute Gasteiger partial charge is 0.484 e. The number of furan rings is 1. The predicted molar refractivity (Wildman–Crippen MR) is 108 cm³/mol. The summed E-state index contributed by atoms with van der Waals surface area (Å²) in [6.07, 6.45) is 1.85. The van der Waals surface area contributed by atoms with Crippen molar-refractivity contribution < 1.29 is 28.3 Å². The van der Waals surface area contributed by atoms with Crippen LogP contribution in [0.5, 0.6) is 5.75 Å². The molecular weight excluding hydrogens is 388 g/mol. The molecule has 2 heterocycles. The smallest absolute Gasteiger partial charge is 0.260 e. The van der Waals surface area contributed by atoms with Crippen LogP contribution in [0.1, 0.15) is 45.1 Å². The number of carbonyl (C=O) groups excluding carboxylic acids is 3. The minimum absolute atomic E-state index is 0.0475. The van der Waals surface area contributed by atoms with E-state index in [0.717, 1.165) is 6.42 Å². The van der Waals surface area contributed by atoms with Crippen LogP contribution >= 0.6 is 0 Å². The molecule has 1 N–H and O–H groups in total. The molecule has 0 bridgehead atoms. The molecule has 1 aliphatic heterocycles. The summed E-state index contributed by atoms with van der Waals surface area (Å²) >= 11 is 0. The quantitative estimate of drug-likeness (QED) is 0.811. The molecule has 1 aliphatic carbocycles. The molecule has 0 atom stereocenters. The lowest BCUT2D eigenvalue weighted by Crippen LogP contribution is -2.42. The van der Waals surface area contributed by atoms with Gasteiger partial charge in [-0.05, 0) is 37.6 Å². The highest BCUT2D eigenvalue weighted by Crippen LogP contribution is 2.30. The van der Waals surface area contributed by atoms with E-state index in [9.17, 15) is 14.4 Å². The van der Waals surface area contributed by atoms with Gasteiger partial charge in [-0.3, -0.25) is 14.4 Å². The maximum Gasteiger partial charge on any atom is 0.260 e. The number of nitrogens with zero attached hydrogens (tertiary/aromatic N) is 1. The highest BCUT2D eigenvalue weighted by atomic mass is 16.5. The van der Waals surface area contributed by atoms with Crippen molar-refractivity contribution >= 4 is 23.3 Å². The van der Waals surface area contributed by atoms with Crippen molar-refractivity contribution in [2.45, 2.75) is 26.2 Å². The molecule has 0 radical (unpaired) electrons. The number of hydrogen-bond donors (Lipinski definition) is 1. The maximum atomic E-state index is 12.8. The zero-order valence-corrected chi connectivity index (χ0v) is 16.9. The number of Topliss-reactive ketones (excluding diaryl/α,β-unsaturated/α-hetero) is 1. The van der Waals surface area contributed by atoms with E-state index in [1.807, 2.05) is 0 Å². The molecule has 0 spiro atoms. The summed E-state index contributed by atoms with van der Waals surface area (Å²) in [4.78, 5) is 38.9. The fraction of sp³-hybridized carbons (Fsp3) is 0.409. The van der Waals surface area contributed by atoms with Crippen LogP contribution in [-0.2, 0) is 16.0 Å². The van der Waals surface area contributed by atoms with E-state index in [0.29, 0.717) is 73.2 Å². The van der Waals surface area contributed by atoms with Crippen molar-refractivity contribution in [1.29, 1.82) is 0 Å². The number of nitrogens with one attached hydrogen (secondary N) is 1. The van der Waals surface area contributed by atoms with Gasteiger partial charge in [-0.1, -0.05) is 0 Å². The van der Waals surface area contributed by atoms with Crippen LogP contribution in [0, 0.1) is 6.92 Å². The Hall–Kier alpha value is -3.13. The van der Waals surface area contributed by atoms with Gasteiger partial charge in [0, 0.05) is 31.6 Å². The molecule has 1 aromatic carbocycles. The monoisotopic (exact) mass is 412 g/mol. The average Bonchev–Trinajstić information content (AvgIpc) is 3.11. The summed E-state index contributed by atoms with van der Waals surface area (Å²) in [5.41, 5.74) is 1.29. The number of carbonyl (C=O) groups is 3. The summed E-state index contributed by atoms with van der Waals surface area (Å²) < 4.78 is 16.4. The van der Waals surface area contributed by atoms with Crippen LogP contribution in [0.2, 0.25) is 0 Å². The van der Waals surface area contributed by atoms with E-state index >= 15 is 0 Å². The molecule has 2 aliphatic rings. The van der Waals surface area contributed by atoms with Crippen molar-refractivity contribution in [2.24, 2.45) is 0 Å². The first-order valence-corrected chi connectivity index (χ1v) is 10.1. The third-order valence-corrected chi connectivity index (χ3v) is 5.31. The SMILES string of the molecule is Cc1oc2c(c1C(=O)Nc1ccc(OCC(=O)N3CCOCC3)cc1)C(=O)CCC2. The minimum atomic E-state index is -0.371. The van der Waals surface area contributed by atoms with Crippen molar-refractivity contribution in [1.82, 2.24) is 4.90 Å². The third-order valence-electron chi connectivity index (χ3n) is 5.31. The van der Waals surface area contributed by atoms with Crippen LogP contribution in [0.3, 0.4) is 0 Å².